The second kappa shape index (κ2) is 7.10. The fraction of sp³-hybridized carbons (Fsp3) is 0.467. The van der Waals surface area contributed by atoms with Crippen LogP contribution in [0.1, 0.15) is 44.7 Å². The molecule has 0 unspecified atom stereocenters. The molecular formula is C15H23N. The lowest BCUT2D eigenvalue weighted by Gasteiger charge is -2.04. The first kappa shape index (κ1) is 12.8. The van der Waals surface area contributed by atoms with Gasteiger partial charge in [-0.05, 0) is 37.1 Å². The number of nitrogens with one attached hydrogen (secondary N) is 1. The summed E-state index contributed by atoms with van der Waals surface area (Å²) in [5, 5.41) is 3.36. The molecule has 0 atom stereocenters. The summed E-state index contributed by atoms with van der Waals surface area (Å²) < 4.78 is 0. The zero-order chi connectivity index (χ0) is 11.8. The van der Waals surface area contributed by atoms with Gasteiger partial charge in [-0.1, -0.05) is 50.1 Å². The normalized spacial score (nSPS) is 11.6. The minimum absolute atomic E-state index is 0.922. The van der Waals surface area contributed by atoms with E-state index in [-0.39, 0.29) is 0 Å². The molecule has 0 heterocycles. The van der Waals surface area contributed by atoms with Crippen LogP contribution in [0.4, 0.5) is 0 Å². The van der Waals surface area contributed by atoms with E-state index in [2.05, 4.69) is 56.6 Å². The second-order valence-electron chi connectivity index (χ2n) is 4.29. The zero-order valence-corrected chi connectivity index (χ0v) is 10.7. The lowest BCUT2D eigenvalue weighted by atomic mass is 10.1. The Hall–Kier alpha value is -1.24. The van der Waals surface area contributed by atoms with E-state index in [1.807, 2.05) is 0 Å². The summed E-state index contributed by atoms with van der Waals surface area (Å²) in [5.41, 5.74) is 4.17. The maximum absolute atomic E-state index is 3.36. The van der Waals surface area contributed by atoms with Crippen molar-refractivity contribution in [2.45, 2.75) is 46.6 Å². The van der Waals surface area contributed by atoms with Gasteiger partial charge >= 0.3 is 0 Å². The van der Waals surface area contributed by atoms with E-state index in [1.54, 1.807) is 0 Å². The largest absolute Gasteiger partial charge is 0.387 e. The highest BCUT2D eigenvalue weighted by molar-refractivity contribution is 5.22. The molecule has 1 N–H and O–H groups in total. The van der Waals surface area contributed by atoms with E-state index in [0.29, 0.717) is 0 Å². The molecular weight excluding hydrogens is 194 g/mol. The summed E-state index contributed by atoms with van der Waals surface area (Å²) in [5.74, 6) is 0. The molecule has 0 radical (unpaired) electrons. The number of benzene rings is 1. The molecule has 0 aliphatic rings. The van der Waals surface area contributed by atoms with Crippen molar-refractivity contribution in [1.82, 2.24) is 5.32 Å². The van der Waals surface area contributed by atoms with Crippen LogP contribution in [0.25, 0.3) is 0 Å². The Bertz CT molecular complexity index is 322. The first-order valence-electron chi connectivity index (χ1n) is 6.23. The Morgan fingerprint density at radius 1 is 1.12 bits per heavy atom. The monoisotopic (exact) mass is 217 g/mol. The minimum Gasteiger partial charge on any atom is -0.387 e. The zero-order valence-electron chi connectivity index (χ0n) is 10.7. The quantitative estimate of drug-likeness (QED) is 0.758. The molecule has 88 valence electrons. The summed E-state index contributed by atoms with van der Waals surface area (Å²) in [7, 11) is 0. The van der Waals surface area contributed by atoms with Gasteiger partial charge in [-0.25, -0.2) is 0 Å². The molecule has 1 rings (SSSR count). The molecule has 0 fully saturated rings. The van der Waals surface area contributed by atoms with Gasteiger partial charge in [0.1, 0.15) is 0 Å². The van der Waals surface area contributed by atoms with Gasteiger partial charge in [0.2, 0.25) is 0 Å². The van der Waals surface area contributed by atoms with Crippen LogP contribution in [0, 0.1) is 0 Å². The van der Waals surface area contributed by atoms with Crippen LogP contribution in [0.15, 0.2) is 36.0 Å². The van der Waals surface area contributed by atoms with Gasteiger partial charge in [-0.3, -0.25) is 0 Å². The number of hydrogen-bond donors (Lipinski definition) is 1. The summed E-state index contributed by atoms with van der Waals surface area (Å²) in [6.45, 7) is 7.49. The van der Waals surface area contributed by atoms with Crippen LogP contribution in [0.5, 0.6) is 0 Å². The Kier molecular flexibility index (Phi) is 5.69. The number of hydrogen-bond acceptors (Lipinski definition) is 1. The standard InChI is InChI=1S/C15H23N/c1-4-6-13(3)11-16-12-15-9-7-14(5-2)8-10-15/h7-11,16H,4-6,12H2,1-3H3/b13-11-. The van der Waals surface area contributed by atoms with E-state index in [9.17, 15) is 0 Å². The average molecular weight is 217 g/mol. The number of rotatable bonds is 6. The predicted molar refractivity (Wildman–Crippen MR) is 71.3 cm³/mol. The topological polar surface area (TPSA) is 12.0 Å². The predicted octanol–water partition coefficient (Wildman–Crippen LogP) is 4.04. The Labute approximate surface area is 99.6 Å². The number of allylic oxidation sites excluding steroid dienone is 1. The molecule has 0 aliphatic heterocycles. The van der Waals surface area contributed by atoms with Crippen molar-refractivity contribution in [3.63, 3.8) is 0 Å². The molecule has 1 nitrogen and oxygen atoms in total. The van der Waals surface area contributed by atoms with Gasteiger partial charge in [0.25, 0.3) is 0 Å². The van der Waals surface area contributed by atoms with E-state index >= 15 is 0 Å². The SMILES string of the molecule is CCC/C(C)=C\NCc1ccc(CC)cc1. The smallest absolute Gasteiger partial charge is 0.0395 e. The maximum Gasteiger partial charge on any atom is 0.0395 e. The molecule has 0 saturated heterocycles. The minimum atomic E-state index is 0.922. The fourth-order valence-electron chi connectivity index (χ4n) is 1.70. The summed E-state index contributed by atoms with van der Waals surface area (Å²) in [6, 6.07) is 8.82. The average Bonchev–Trinajstić information content (AvgIpc) is 2.30. The highest BCUT2D eigenvalue weighted by Crippen LogP contribution is 2.05. The molecule has 0 aromatic heterocycles. The molecule has 1 heteroatoms. The molecule has 16 heavy (non-hydrogen) atoms. The van der Waals surface area contributed by atoms with Crippen molar-refractivity contribution in [2.24, 2.45) is 0 Å². The van der Waals surface area contributed by atoms with Crippen molar-refractivity contribution < 1.29 is 0 Å². The molecule has 1 aromatic rings. The first-order valence-corrected chi connectivity index (χ1v) is 6.23. The van der Waals surface area contributed by atoms with Crippen LogP contribution in [-0.4, -0.2) is 0 Å². The van der Waals surface area contributed by atoms with Gasteiger partial charge in [-0.15, -0.1) is 0 Å². The van der Waals surface area contributed by atoms with Crippen molar-refractivity contribution >= 4 is 0 Å². The van der Waals surface area contributed by atoms with Crippen LogP contribution in [-0.2, 0) is 13.0 Å². The lowest BCUT2D eigenvalue weighted by Crippen LogP contribution is -2.05. The van der Waals surface area contributed by atoms with E-state index in [1.165, 1.54) is 29.5 Å². The Balaban J connectivity index is 2.39. The third-order valence-electron chi connectivity index (χ3n) is 2.73. The highest BCUT2D eigenvalue weighted by atomic mass is 14.8. The fourth-order valence-corrected chi connectivity index (χ4v) is 1.70. The van der Waals surface area contributed by atoms with Gasteiger partial charge < -0.3 is 5.32 Å². The summed E-state index contributed by atoms with van der Waals surface area (Å²) >= 11 is 0. The molecule has 1 aromatic carbocycles. The first-order chi connectivity index (χ1) is 7.76. The lowest BCUT2D eigenvalue weighted by molar-refractivity contribution is 0.828. The Morgan fingerprint density at radius 3 is 2.31 bits per heavy atom. The van der Waals surface area contributed by atoms with Crippen molar-refractivity contribution in [3.8, 4) is 0 Å². The van der Waals surface area contributed by atoms with Crippen molar-refractivity contribution in [3.05, 3.63) is 47.2 Å². The van der Waals surface area contributed by atoms with E-state index in [0.717, 1.165) is 13.0 Å². The highest BCUT2D eigenvalue weighted by Gasteiger charge is 1.92. The van der Waals surface area contributed by atoms with Crippen LogP contribution in [0.2, 0.25) is 0 Å². The van der Waals surface area contributed by atoms with Crippen LogP contribution in [0.3, 0.4) is 0 Å². The molecule has 0 amide bonds. The summed E-state index contributed by atoms with van der Waals surface area (Å²) in [6.07, 6.45) is 5.65. The van der Waals surface area contributed by atoms with Crippen LogP contribution < -0.4 is 5.32 Å². The molecule has 0 saturated carbocycles. The van der Waals surface area contributed by atoms with Crippen molar-refractivity contribution in [2.75, 3.05) is 0 Å². The van der Waals surface area contributed by atoms with E-state index in [4.69, 9.17) is 0 Å². The maximum atomic E-state index is 3.36. The third-order valence-corrected chi connectivity index (χ3v) is 2.73. The molecule has 0 bridgehead atoms. The van der Waals surface area contributed by atoms with Gasteiger partial charge in [-0.2, -0.15) is 0 Å². The van der Waals surface area contributed by atoms with Gasteiger partial charge in [0.15, 0.2) is 0 Å². The van der Waals surface area contributed by atoms with E-state index < -0.39 is 0 Å². The van der Waals surface area contributed by atoms with Crippen molar-refractivity contribution in [1.29, 1.82) is 0 Å². The Morgan fingerprint density at radius 2 is 1.75 bits per heavy atom. The van der Waals surface area contributed by atoms with Gasteiger partial charge in [0, 0.05) is 6.54 Å². The summed E-state index contributed by atoms with van der Waals surface area (Å²) in [4.78, 5) is 0. The second-order valence-corrected chi connectivity index (χ2v) is 4.29. The molecule has 0 spiro atoms. The third kappa shape index (κ3) is 4.52. The van der Waals surface area contributed by atoms with Crippen LogP contribution >= 0.6 is 0 Å². The van der Waals surface area contributed by atoms with Gasteiger partial charge in [0.05, 0.1) is 0 Å². The molecule has 0 aliphatic carbocycles. The number of aryl methyl sites for hydroxylation is 1.